The predicted molar refractivity (Wildman–Crippen MR) is 139 cm³/mol. The summed E-state index contributed by atoms with van der Waals surface area (Å²) < 4.78 is 6.45. The molecule has 0 saturated carbocycles. The van der Waals surface area contributed by atoms with Crippen molar-refractivity contribution in [3.8, 4) is 5.75 Å². The van der Waals surface area contributed by atoms with Crippen LogP contribution in [-0.4, -0.2) is 19.7 Å². The van der Waals surface area contributed by atoms with E-state index in [1.54, 1.807) is 0 Å². The number of nitrogens with two attached hydrogens (primary N) is 1. The van der Waals surface area contributed by atoms with Crippen LogP contribution in [0.25, 0.3) is 0 Å². The molecule has 0 aliphatic carbocycles. The number of benzene rings is 1. The van der Waals surface area contributed by atoms with Crippen LogP contribution in [0.1, 0.15) is 112 Å². The van der Waals surface area contributed by atoms with E-state index in [9.17, 15) is 0 Å². The average molecular weight is 433 g/mol. The van der Waals surface area contributed by atoms with E-state index in [1.807, 2.05) is 6.07 Å². The highest BCUT2D eigenvalue weighted by atomic mass is 16.5. The van der Waals surface area contributed by atoms with Gasteiger partial charge in [0.1, 0.15) is 5.75 Å². The van der Waals surface area contributed by atoms with Gasteiger partial charge in [-0.2, -0.15) is 0 Å². The smallest absolute Gasteiger partial charge is 0.142 e. The van der Waals surface area contributed by atoms with Gasteiger partial charge in [0.25, 0.3) is 0 Å². The van der Waals surface area contributed by atoms with Crippen molar-refractivity contribution >= 4 is 11.4 Å². The van der Waals surface area contributed by atoms with Crippen molar-refractivity contribution in [3.63, 3.8) is 0 Å². The Labute approximate surface area is 194 Å². The van der Waals surface area contributed by atoms with Crippen molar-refractivity contribution in [1.29, 1.82) is 0 Å². The minimum atomic E-state index is 0.635. The first-order valence-electron chi connectivity index (χ1n) is 13.4. The second-order valence-corrected chi connectivity index (χ2v) is 9.38. The molecule has 1 aromatic carbocycles. The summed E-state index contributed by atoms with van der Waals surface area (Å²) in [6.07, 6.45) is 15.2. The summed E-state index contributed by atoms with van der Waals surface area (Å²) in [7, 11) is 0. The van der Waals surface area contributed by atoms with Crippen LogP contribution in [0.3, 0.4) is 0 Å². The molecular formula is C28H52N2O. The fourth-order valence-corrected chi connectivity index (χ4v) is 4.28. The molecule has 1 aromatic rings. The fraction of sp³-hybridized carbons (Fsp3) is 0.786. The van der Waals surface area contributed by atoms with Gasteiger partial charge in [-0.05, 0) is 49.3 Å². The Kier molecular flexibility index (Phi) is 15.4. The van der Waals surface area contributed by atoms with E-state index < -0.39 is 0 Å². The minimum Gasteiger partial charge on any atom is -0.491 e. The largest absolute Gasteiger partial charge is 0.491 e. The van der Waals surface area contributed by atoms with E-state index in [-0.39, 0.29) is 0 Å². The molecule has 0 aliphatic rings. The summed E-state index contributed by atoms with van der Waals surface area (Å²) in [5.74, 6) is 2.38. The van der Waals surface area contributed by atoms with Crippen LogP contribution in [0.5, 0.6) is 5.75 Å². The second-order valence-electron chi connectivity index (χ2n) is 9.38. The quantitative estimate of drug-likeness (QED) is 0.176. The maximum absolute atomic E-state index is 6.45. The third kappa shape index (κ3) is 11.2. The fourth-order valence-electron chi connectivity index (χ4n) is 4.28. The van der Waals surface area contributed by atoms with Gasteiger partial charge in [0.2, 0.25) is 0 Å². The minimum absolute atomic E-state index is 0.635. The number of hydrogen-bond donors (Lipinski definition) is 1. The topological polar surface area (TPSA) is 38.5 Å². The molecule has 0 bridgehead atoms. The maximum Gasteiger partial charge on any atom is 0.142 e. The van der Waals surface area contributed by atoms with Crippen molar-refractivity contribution in [2.75, 3.05) is 30.3 Å². The Morgan fingerprint density at radius 3 is 2.06 bits per heavy atom. The van der Waals surface area contributed by atoms with Gasteiger partial charge in [-0.15, -0.1) is 0 Å². The van der Waals surface area contributed by atoms with E-state index in [0.717, 1.165) is 37.1 Å². The molecule has 0 aliphatic heterocycles. The zero-order valence-corrected chi connectivity index (χ0v) is 21.4. The lowest BCUT2D eigenvalue weighted by molar-refractivity contribution is 0.233. The van der Waals surface area contributed by atoms with Crippen LogP contribution in [0.2, 0.25) is 0 Å². The lowest BCUT2D eigenvalue weighted by atomic mass is 9.98. The number of unbranched alkanes of at least 4 members (excludes halogenated alkanes) is 5. The molecule has 2 atom stereocenters. The van der Waals surface area contributed by atoms with Crippen LogP contribution in [0.4, 0.5) is 11.4 Å². The van der Waals surface area contributed by atoms with Crippen molar-refractivity contribution in [2.24, 2.45) is 11.8 Å². The van der Waals surface area contributed by atoms with Crippen LogP contribution >= 0.6 is 0 Å². The van der Waals surface area contributed by atoms with Gasteiger partial charge in [0, 0.05) is 18.8 Å². The molecule has 0 radical (unpaired) electrons. The van der Waals surface area contributed by atoms with Gasteiger partial charge in [0.15, 0.2) is 0 Å². The number of anilines is 2. The van der Waals surface area contributed by atoms with Gasteiger partial charge >= 0.3 is 0 Å². The molecule has 0 spiro atoms. The highest BCUT2D eigenvalue weighted by Crippen LogP contribution is 2.33. The third-order valence-electron chi connectivity index (χ3n) is 6.64. The van der Waals surface area contributed by atoms with Crippen LogP contribution in [0, 0.1) is 11.8 Å². The molecule has 3 heteroatoms. The molecule has 3 nitrogen and oxygen atoms in total. The molecule has 0 fully saturated rings. The number of nitrogen functional groups attached to an aromatic ring is 1. The Bertz CT molecular complexity index is 560. The highest BCUT2D eigenvalue weighted by molar-refractivity contribution is 5.65. The van der Waals surface area contributed by atoms with Gasteiger partial charge < -0.3 is 15.4 Å². The van der Waals surface area contributed by atoms with Gasteiger partial charge in [-0.1, -0.05) is 92.4 Å². The van der Waals surface area contributed by atoms with E-state index >= 15 is 0 Å². The van der Waals surface area contributed by atoms with Gasteiger partial charge in [-0.25, -0.2) is 0 Å². The van der Waals surface area contributed by atoms with Crippen molar-refractivity contribution in [1.82, 2.24) is 0 Å². The number of rotatable bonds is 19. The van der Waals surface area contributed by atoms with Crippen LogP contribution in [-0.2, 0) is 0 Å². The molecule has 1 rings (SSSR count). The van der Waals surface area contributed by atoms with Crippen molar-refractivity contribution in [3.05, 3.63) is 18.2 Å². The van der Waals surface area contributed by atoms with E-state index in [0.29, 0.717) is 5.92 Å². The number of nitrogens with zero attached hydrogens (tertiary/aromatic N) is 1. The molecule has 2 N–H and O–H groups in total. The van der Waals surface area contributed by atoms with E-state index in [4.69, 9.17) is 10.5 Å². The summed E-state index contributed by atoms with van der Waals surface area (Å²) in [4.78, 5) is 2.58. The maximum atomic E-state index is 6.45. The Morgan fingerprint density at radius 2 is 1.45 bits per heavy atom. The summed E-state index contributed by atoms with van der Waals surface area (Å²) in [5.41, 5.74) is 8.29. The highest BCUT2D eigenvalue weighted by Gasteiger charge is 2.18. The Hall–Kier alpha value is -1.38. The van der Waals surface area contributed by atoms with Crippen LogP contribution in [0.15, 0.2) is 18.2 Å². The molecular weight excluding hydrogens is 380 g/mol. The Morgan fingerprint density at radius 1 is 0.806 bits per heavy atom. The van der Waals surface area contributed by atoms with Gasteiger partial charge in [-0.3, -0.25) is 0 Å². The van der Waals surface area contributed by atoms with Crippen LogP contribution < -0.4 is 15.4 Å². The van der Waals surface area contributed by atoms with Crippen molar-refractivity contribution in [2.45, 2.75) is 112 Å². The monoisotopic (exact) mass is 432 g/mol. The van der Waals surface area contributed by atoms with E-state index in [1.165, 1.54) is 82.7 Å². The molecule has 0 saturated heterocycles. The van der Waals surface area contributed by atoms with E-state index in [2.05, 4.69) is 51.7 Å². The predicted octanol–water partition coefficient (Wildman–Crippen LogP) is 8.47. The summed E-state index contributed by atoms with van der Waals surface area (Å²) in [6.45, 7) is 14.5. The zero-order valence-electron chi connectivity index (χ0n) is 21.4. The van der Waals surface area contributed by atoms with Crippen molar-refractivity contribution < 1.29 is 4.74 Å². The number of ether oxygens (including phenoxy) is 1. The second kappa shape index (κ2) is 17.2. The third-order valence-corrected chi connectivity index (χ3v) is 6.64. The molecule has 2 unspecified atom stereocenters. The summed E-state index contributed by atoms with van der Waals surface area (Å²) >= 11 is 0. The standard InChI is InChI=1S/C28H52N2O/c1-6-11-14-15-20-30(22-24(9-4)16-12-7-2)27-21-26(29)18-19-28(27)31-23-25(10-5)17-13-8-3/h18-19,21,24-25H,6-17,20,22-23,29H2,1-5H3. The molecule has 0 amide bonds. The number of hydrogen-bond acceptors (Lipinski definition) is 3. The average Bonchev–Trinajstić information content (AvgIpc) is 2.79. The van der Waals surface area contributed by atoms with Gasteiger partial charge in [0.05, 0.1) is 12.3 Å². The lowest BCUT2D eigenvalue weighted by Gasteiger charge is -2.31. The molecule has 31 heavy (non-hydrogen) atoms. The Balaban J connectivity index is 3.00. The zero-order chi connectivity index (χ0) is 22.9. The lowest BCUT2D eigenvalue weighted by Crippen LogP contribution is -2.31. The first kappa shape index (κ1) is 27.7. The molecule has 0 heterocycles. The molecule has 0 aromatic heterocycles. The first-order valence-corrected chi connectivity index (χ1v) is 13.4. The SMILES string of the molecule is CCCCCCN(CC(CC)CCCC)c1cc(N)ccc1OCC(CC)CCCC. The normalized spacial score (nSPS) is 13.2. The molecule has 180 valence electrons. The first-order chi connectivity index (χ1) is 15.1. The summed E-state index contributed by atoms with van der Waals surface area (Å²) in [6, 6.07) is 6.24. The summed E-state index contributed by atoms with van der Waals surface area (Å²) in [5, 5.41) is 0.